The average molecular weight is 852 g/mol. The summed E-state index contributed by atoms with van der Waals surface area (Å²) in [6.45, 7) is 3.54. The van der Waals surface area contributed by atoms with E-state index in [-0.39, 0.29) is 6.61 Å². The van der Waals surface area contributed by atoms with E-state index in [0.29, 0.717) is 19.3 Å². The van der Waals surface area contributed by atoms with Gasteiger partial charge in [-0.05, 0) is 38.5 Å². The Balaban J connectivity index is 2.31. The van der Waals surface area contributed by atoms with E-state index in [4.69, 9.17) is 9.47 Å². The molecule has 0 aromatic carbocycles. The van der Waals surface area contributed by atoms with E-state index in [1.165, 1.54) is 135 Å². The summed E-state index contributed by atoms with van der Waals surface area (Å²) in [6, 6.07) is -1.000. The van der Waals surface area contributed by atoms with Gasteiger partial charge in [-0.25, -0.2) is 0 Å². The molecule has 8 unspecified atom stereocenters. The average Bonchev–Trinajstić information content (AvgIpc) is 3.25. The minimum Gasteiger partial charge on any atom is -0.394 e. The summed E-state index contributed by atoms with van der Waals surface area (Å²) < 4.78 is 11.1. The highest BCUT2D eigenvalue weighted by Gasteiger charge is 2.44. The van der Waals surface area contributed by atoms with Crippen LogP contribution < -0.4 is 5.32 Å². The van der Waals surface area contributed by atoms with Crippen LogP contribution in [0.15, 0.2) is 36.5 Å². The number of aliphatic hydroxyl groups is 6. The summed E-state index contributed by atoms with van der Waals surface area (Å²) in [4.78, 5) is 13.0. The SMILES string of the molecule is CCCC/C=C/CC/C=C/CC/C=C/C(O)C(COC1OC(CO)C(O)C(O)C1O)NC(=O)C(O)CCCCCCCCCCCCCCCCCCCCCCCCC. The van der Waals surface area contributed by atoms with Gasteiger partial charge in [0.25, 0.3) is 0 Å². The molecule has 10 heteroatoms. The smallest absolute Gasteiger partial charge is 0.249 e. The molecule has 1 rings (SSSR count). The van der Waals surface area contributed by atoms with Crippen molar-refractivity contribution in [3.63, 3.8) is 0 Å². The molecule has 1 aliphatic rings. The van der Waals surface area contributed by atoms with E-state index in [2.05, 4.69) is 43.5 Å². The summed E-state index contributed by atoms with van der Waals surface area (Å²) in [6.07, 6.45) is 39.6. The molecule has 0 spiro atoms. The molecular weight excluding hydrogens is 759 g/mol. The topological polar surface area (TPSA) is 169 Å². The standard InChI is InChI=1S/C50H93NO9/c1-3-5-7-9-11-13-15-17-18-19-20-21-22-23-24-25-26-27-29-31-33-35-37-39-44(54)49(58)51-42(41-59-50-48(57)47(56)46(55)45(40-52)60-50)43(53)38-36-34-32-30-28-16-14-12-10-8-6-4-2/h10,12,28,30,36,38,42-48,50,52-57H,3-9,11,13-27,29,31-35,37,39-41H2,1-2H3,(H,51,58)/b12-10+,30-28+,38-36+. The van der Waals surface area contributed by atoms with Crippen LogP contribution in [0.1, 0.15) is 213 Å². The van der Waals surface area contributed by atoms with Gasteiger partial charge in [0.15, 0.2) is 6.29 Å². The Kier molecular flexibility index (Phi) is 37.7. The number of unbranched alkanes of at least 4 members (excludes halogenated alkanes) is 26. The number of hydrogen-bond donors (Lipinski definition) is 7. The Morgan fingerprint density at radius 3 is 1.43 bits per heavy atom. The van der Waals surface area contributed by atoms with Crippen molar-refractivity contribution in [3.8, 4) is 0 Å². The molecule has 0 aromatic heterocycles. The van der Waals surface area contributed by atoms with E-state index in [1.807, 2.05) is 6.08 Å². The molecule has 8 atom stereocenters. The summed E-state index contributed by atoms with van der Waals surface area (Å²) in [5, 5.41) is 64.6. The van der Waals surface area contributed by atoms with Crippen LogP contribution in [0.25, 0.3) is 0 Å². The monoisotopic (exact) mass is 852 g/mol. The largest absolute Gasteiger partial charge is 0.394 e. The van der Waals surface area contributed by atoms with Gasteiger partial charge in [-0.2, -0.15) is 0 Å². The van der Waals surface area contributed by atoms with Crippen molar-refractivity contribution in [2.45, 2.75) is 262 Å². The summed E-state index contributed by atoms with van der Waals surface area (Å²) in [5.74, 6) is -0.629. The lowest BCUT2D eigenvalue weighted by Crippen LogP contribution is -2.60. The third-order valence-electron chi connectivity index (χ3n) is 11.8. The number of rotatable bonds is 41. The maximum Gasteiger partial charge on any atom is 0.249 e. The fourth-order valence-electron chi connectivity index (χ4n) is 7.71. The molecule has 0 aromatic rings. The van der Waals surface area contributed by atoms with E-state index in [1.54, 1.807) is 6.08 Å². The Bertz CT molecular complexity index is 1050. The van der Waals surface area contributed by atoms with Crippen LogP contribution in [0, 0.1) is 0 Å². The zero-order chi connectivity index (χ0) is 43.9. The predicted molar refractivity (Wildman–Crippen MR) is 246 cm³/mol. The molecule has 7 N–H and O–H groups in total. The maximum atomic E-state index is 13.0. The minimum absolute atomic E-state index is 0.304. The number of hydrogen-bond acceptors (Lipinski definition) is 9. The quantitative estimate of drug-likeness (QED) is 0.0234. The second kappa shape index (κ2) is 40.2. The van der Waals surface area contributed by atoms with E-state index in [0.717, 1.165) is 44.9 Å². The first-order chi connectivity index (χ1) is 29.3. The third kappa shape index (κ3) is 29.6. The van der Waals surface area contributed by atoms with Crippen LogP contribution in [0.2, 0.25) is 0 Å². The molecule has 1 aliphatic heterocycles. The van der Waals surface area contributed by atoms with Crippen LogP contribution >= 0.6 is 0 Å². The van der Waals surface area contributed by atoms with Crippen LogP contribution in [-0.2, 0) is 14.3 Å². The number of carbonyl (C=O) groups is 1. The number of nitrogens with one attached hydrogen (secondary N) is 1. The van der Waals surface area contributed by atoms with Crippen molar-refractivity contribution in [1.29, 1.82) is 0 Å². The second-order valence-electron chi connectivity index (χ2n) is 17.4. The Morgan fingerprint density at radius 2 is 0.983 bits per heavy atom. The second-order valence-corrected chi connectivity index (χ2v) is 17.4. The first kappa shape index (κ1) is 56.4. The van der Waals surface area contributed by atoms with Gasteiger partial charge < -0.3 is 45.4 Å². The van der Waals surface area contributed by atoms with Gasteiger partial charge in [0.2, 0.25) is 5.91 Å². The molecule has 10 nitrogen and oxygen atoms in total. The van der Waals surface area contributed by atoms with Crippen LogP contribution in [0.3, 0.4) is 0 Å². The Hall–Kier alpha value is -1.63. The van der Waals surface area contributed by atoms with Gasteiger partial charge >= 0.3 is 0 Å². The highest BCUT2D eigenvalue weighted by Crippen LogP contribution is 2.23. The highest BCUT2D eigenvalue weighted by molar-refractivity contribution is 5.80. The van der Waals surface area contributed by atoms with Gasteiger partial charge in [-0.1, -0.05) is 211 Å². The van der Waals surface area contributed by atoms with E-state index < -0.39 is 61.5 Å². The zero-order valence-corrected chi connectivity index (χ0v) is 38.3. The van der Waals surface area contributed by atoms with Crippen molar-refractivity contribution < 1.29 is 44.9 Å². The number of aliphatic hydroxyl groups excluding tert-OH is 6. The first-order valence-corrected chi connectivity index (χ1v) is 24.8. The molecule has 0 bridgehead atoms. The van der Waals surface area contributed by atoms with Crippen molar-refractivity contribution in [1.82, 2.24) is 5.32 Å². The third-order valence-corrected chi connectivity index (χ3v) is 11.8. The van der Waals surface area contributed by atoms with Crippen molar-refractivity contribution in [2.75, 3.05) is 13.2 Å². The molecular formula is C50H93NO9. The maximum absolute atomic E-state index is 13.0. The zero-order valence-electron chi connectivity index (χ0n) is 38.3. The Labute approximate surface area is 366 Å². The molecule has 1 fully saturated rings. The number of carbonyl (C=O) groups excluding carboxylic acids is 1. The van der Waals surface area contributed by atoms with Crippen molar-refractivity contribution in [2.24, 2.45) is 0 Å². The van der Waals surface area contributed by atoms with Crippen LogP contribution in [-0.4, -0.2) is 98.7 Å². The first-order valence-electron chi connectivity index (χ1n) is 24.8. The lowest BCUT2D eigenvalue weighted by molar-refractivity contribution is -0.302. The van der Waals surface area contributed by atoms with Crippen LogP contribution in [0.5, 0.6) is 0 Å². The van der Waals surface area contributed by atoms with E-state index in [9.17, 15) is 35.4 Å². The minimum atomic E-state index is -1.62. The van der Waals surface area contributed by atoms with Crippen LogP contribution in [0.4, 0.5) is 0 Å². The van der Waals surface area contributed by atoms with Gasteiger partial charge in [-0.15, -0.1) is 0 Å². The van der Waals surface area contributed by atoms with Crippen molar-refractivity contribution >= 4 is 5.91 Å². The highest BCUT2D eigenvalue weighted by atomic mass is 16.7. The predicted octanol–water partition coefficient (Wildman–Crippen LogP) is 9.81. The molecule has 1 saturated heterocycles. The van der Waals surface area contributed by atoms with Gasteiger partial charge in [0.1, 0.15) is 30.5 Å². The molecule has 1 heterocycles. The molecule has 0 saturated carbocycles. The lowest BCUT2D eigenvalue weighted by atomic mass is 9.99. The fourth-order valence-corrected chi connectivity index (χ4v) is 7.71. The van der Waals surface area contributed by atoms with Gasteiger partial charge in [0.05, 0.1) is 25.4 Å². The molecule has 1 amide bonds. The molecule has 60 heavy (non-hydrogen) atoms. The van der Waals surface area contributed by atoms with Crippen molar-refractivity contribution in [3.05, 3.63) is 36.5 Å². The van der Waals surface area contributed by atoms with Gasteiger partial charge in [0, 0.05) is 0 Å². The summed E-state index contributed by atoms with van der Waals surface area (Å²) >= 11 is 0. The summed E-state index contributed by atoms with van der Waals surface area (Å²) in [7, 11) is 0. The summed E-state index contributed by atoms with van der Waals surface area (Å²) in [5.41, 5.74) is 0. The normalized spacial score (nSPS) is 21.4. The van der Waals surface area contributed by atoms with Gasteiger partial charge in [-0.3, -0.25) is 4.79 Å². The molecule has 0 radical (unpaired) electrons. The number of amides is 1. The Morgan fingerprint density at radius 1 is 0.567 bits per heavy atom. The number of allylic oxidation sites excluding steroid dienone is 5. The van der Waals surface area contributed by atoms with E-state index >= 15 is 0 Å². The molecule has 352 valence electrons. The lowest BCUT2D eigenvalue weighted by Gasteiger charge is -2.40. The molecule has 0 aliphatic carbocycles. The number of ether oxygens (including phenoxy) is 2. The fraction of sp³-hybridized carbons (Fsp3) is 0.860.